The number of sulfonamides is 1. The van der Waals surface area contributed by atoms with Gasteiger partial charge in [-0.1, -0.05) is 24.3 Å². The molecule has 0 saturated heterocycles. The van der Waals surface area contributed by atoms with E-state index in [2.05, 4.69) is 0 Å². The Bertz CT molecular complexity index is 875. The van der Waals surface area contributed by atoms with Gasteiger partial charge in [0.05, 0.1) is 16.9 Å². The van der Waals surface area contributed by atoms with Crippen molar-refractivity contribution in [2.45, 2.75) is 11.3 Å². The van der Waals surface area contributed by atoms with Gasteiger partial charge < -0.3 is 4.74 Å². The van der Waals surface area contributed by atoms with E-state index < -0.39 is 14.9 Å². The fourth-order valence-electron chi connectivity index (χ4n) is 2.23. The van der Waals surface area contributed by atoms with Crippen LogP contribution >= 0.6 is 0 Å². The normalized spacial score (nSPS) is 11.8. The van der Waals surface area contributed by atoms with Crippen molar-refractivity contribution in [1.82, 2.24) is 4.31 Å². The molecule has 7 nitrogen and oxygen atoms in total. The summed E-state index contributed by atoms with van der Waals surface area (Å²) in [6.07, 6.45) is 4.34. The Morgan fingerprint density at radius 3 is 2.27 bits per heavy atom. The lowest BCUT2D eigenvalue weighted by molar-refractivity contribution is -0.384. The molecule has 0 amide bonds. The van der Waals surface area contributed by atoms with Gasteiger partial charge in [-0.3, -0.25) is 10.1 Å². The Morgan fingerprint density at radius 1 is 1.12 bits per heavy atom. The van der Waals surface area contributed by atoms with E-state index in [0.29, 0.717) is 13.0 Å². The molecule has 0 aromatic heterocycles. The van der Waals surface area contributed by atoms with Gasteiger partial charge in [0.15, 0.2) is 0 Å². The summed E-state index contributed by atoms with van der Waals surface area (Å²) in [6.45, 7) is 0.298. The molecule has 0 atom stereocenters. The molecule has 0 aliphatic carbocycles. The quantitative estimate of drug-likeness (QED) is 0.521. The van der Waals surface area contributed by atoms with Crippen LogP contribution < -0.4 is 4.74 Å². The van der Waals surface area contributed by atoms with Gasteiger partial charge in [0, 0.05) is 25.7 Å². The molecule has 2 aromatic rings. The minimum atomic E-state index is -3.68. The molecular formula is C18H20N2O5S. The van der Waals surface area contributed by atoms with Crippen molar-refractivity contribution in [3.63, 3.8) is 0 Å². The Labute approximate surface area is 152 Å². The summed E-state index contributed by atoms with van der Waals surface area (Å²) >= 11 is 0. The number of methoxy groups -OCH3 is 1. The number of benzene rings is 2. The smallest absolute Gasteiger partial charge is 0.269 e. The van der Waals surface area contributed by atoms with Gasteiger partial charge in [-0.05, 0) is 36.2 Å². The molecule has 0 bridgehead atoms. The summed E-state index contributed by atoms with van der Waals surface area (Å²) in [4.78, 5) is 10.1. The first-order chi connectivity index (χ1) is 12.3. The molecule has 2 aromatic carbocycles. The van der Waals surface area contributed by atoms with Crippen molar-refractivity contribution in [3.8, 4) is 5.75 Å². The number of hydrogen-bond donors (Lipinski definition) is 0. The van der Waals surface area contributed by atoms with Crippen molar-refractivity contribution in [2.24, 2.45) is 0 Å². The standard InChI is InChI=1S/C18H20N2O5S/c1-19(14-4-3-5-15-6-10-17(25-2)11-7-15)26(23,24)18-12-8-16(9-13-18)20(21)22/h3,5-13H,4,14H2,1-2H3/b5-3+. The van der Waals surface area contributed by atoms with E-state index in [1.165, 1.54) is 35.6 Å². The third-order valence-electron chi connectivity index (χ3n) is 3.79. The van der Waals surface area contributed by atoms with Crippen molar-refractivity contribution >= 4 is 21.8 Å². The largest absolute Gasteiger partial charge is 0.497 e. The molecule has 0 unspecified atom stereocenters. The predicted octanol–water partition coefficient (Wildman–Crippen LogP) is 3.33. The average molecular weight is 376 g/mol. The van der Waals surface area contributed by atoms with Gasteiger partial charge in [-0.15, -0.1) is 0 Å². The topological polar surface area (TPSA) is 89.8 Å². The van der Waals surface area contributed by atoms with E-state index in [-0.39, 0.29) is 10.6 Å². The Kier molecular flexibility index (Phi) is 6.48. The summed E-state index contributed by atoms with van der Waals surface area (Å²) in [5.74, 6) is 0.774. The zero-order valence-corrected chi connectivity index (χ0v) is 15.3. The summed E-state index contributed by atoms with van der Waals surface area (Å²) < 4.78 is 31.3. The first-order valence-electron chi connectivity index (χ1n) is 7.86. The predicted molar refractivity (Wildman–Crippen MR) is 99.6 cm³/mol. The number of ether oxygens (including phenoxy) is 1. The van der Waals surface area contributed by atoms with Crippen molar-refractivity contribution in [3.05, 3.63) is 70.3 Å². The second-order valence-corrected chi connectivity index (χ2v) is 7.59. The third-order valence-corrected chi connectivity index (χ3v) is 5.66. The summed E-state index contributed by atoms with van der Waals surface area (Å²) in [5.41, 5.74) is 0.848. The minimum absolute atomic E-state index is 0.0322. The van der Waals surface area contributed by atoms with Gasteiger partial charge in [0.2, 0.25) is 10.0 Å². The Morgan fingerprint density at radius 2 is 1.73 bits per heavy atom. The highest BCUT2D eigenvalue weighted by molar-refractivity contribution is 7.89. The van der Waals surface area contributed by atoms with Crippen LogP contribution in [0.25, 0.3) is 6.08 Å². The second-order valence-electron chi connectivity index (χ2n) is 5.54. The minimum Gasteiger partial charge on any atom is -0.497 e. The van der Waals surface area contributed by atoms with E-state index in [9.17, 15) is 18.5 Å². The average Bonchev–Trinajstić information content (AvgIpc) is 2.65. The van der Waals surface area contributed by atoms with E-state index in [1.54, 1.807) is 7.11 Å². The van der Waals surface area contributed by atoms with Crippen LogP contribution in [0.2, 0.25) is 0 Å². The van der Waals surface area contributed by atoms with Gasteiger partial charge >= 0.3 is 0 Å². The lowest BCUT2D eigenvalue weighted by Crippen LogP contribution is -2.27. The maximum absolute atomic E-state index is 12.5. The number of nitrogens with zero attached hydrogens (tertiary/aromatic N) is 2. The maximum atomic E-state index is 12.5. The van der Waals surface area contributed by atoms with Crippen LogP contribution in [-0.4, -0.2) is 38.3 Å². The molecule has 0 fully saturated rings. The molecule has 0 aliphatic heterocycles. The number of non-ortho nitro benzene ring substituents is 1. The SMILES string of the molecule is COc1ccc(/C=C/CCN(C)S(=O)(=O)c2ccc([N+](=O)[O-])cc2)cc1. The summed E-state index contributed by atoms with van der Waals surface area (Å²) in [6, 6.07) is 12.4. The van der Waals surface area contributed by atoms with E-state index in [0.717, 1.165) is 11.3 Å². The molecule has 0 aliphatic rings. The second kappa shape index (κ2) is 8.59. The number of nitro benzene ring substituents is 1. The van der Waals surface area contributed by atoms with Crippen molar-refractivity contribution in [2.75, 3.05) is 20.7 Å². The number of nitro groups is 1. The molecule has 2 rings (SSSR count). The zero-order valence-electron chi connectivity index (χ0n) is 14.5. The van der Waals surface area contributed by atoms with Crippen molar-refractivity contribution in [1.29, 1.82) is 0 Å². The fourth-order valence-corrected chi connectivity index (χ4v) is 3.42. The molecule has 138 valence electrons. The lowest BCUT2D eigenvalue weighted by atomic mass is 10.2. The molecule has 8 heteroatoms. The van der Waals surface area contributed by atoms with Gasteiger partial charge in [-0.25, -0.2) is 12.7 Å². The zero-order chi connectivity index (χ0) is 19.2. The first kappa shape index (κ1) is 19.6. The number of hydrogen-bond acceptors (Lipinski definition) is 5. The van der Waals surface area contributed by atoms with Crippen LogP contribution in [0.3, 0.4) is 0 Å². The van der Waals surface area contributed by atoms with Gasteiger partial charge in [0.1, 0.15) is 5.75 Å². The highest BCUT2D eigenvalue weighted by Crippen LogP contribution is 2.19. The van der Waals surface area contributed by atoms with Crippen LogP contribution in [0, 0.1) is 10.1 Å². The van der Waals surface area contributed by atoms with Crippen LogP contribution in [0.15, 0.2) is 59.5 Å². The van der Waals surface area contributed by atoms with E-state index in [4.69, 9.17) is 4.74 Å². The summed E-state index contributed by atoms with van der Waals surface area (Å²) in [7, 11) is -0.588. The molecule has 0 radical (unpaired) electrons. The highest BCUT2D eigenvalue weighted by Gasteiger charge is 2.20. The number of rotatable bonds is 8. The van der Waals surface area contributed by atoms with E-state index >= 15 is 0 Å². The molecule has 0 saturated carbocycles. The highest BCUT2D eigenvalue weighted by atomic mass is 32.2. The monoisotopic (exact) mass is 376 g/mol. The van der Waals surface area contributed by atoms with Crippen molar-refractivity contribution < 1.29 is 18.1 Å². The van der Waals surface area contributed by atoms with Gasteiger partial charge in [-0.2, -0.15) is 0 Å². The van der Waals surface area contributed by atoms with Crippen LogP contribution in [0.4, 0.5) is 5.69 Å². The molecule has 0 heterocycles. The van der Waals surface area contributed by atoms with Crippen LogP contribution in [0.1, 0.15) is 12.0 Å². The Hall–Kier alpha value is -2.71. The maximum Gasteiger partial charge on any atom is 0.269 e. The third kappa shape index (κ3) is 4.90. The molecule has 0 N–H and O–H groups in total. The van der Waals surface area contributed by atoms with Crippen LogP contribution in [0.5, 0.6) is 5.75 Å². The first-order valence-corrected chi connectivity index (χ1v) is 9.30. The van der Waals surface area contributed by atoms with Gasteiger partial charge in [0.25, 0.3) is 5.69 Å². The molecule has 26 heavy (non-hydrogen) atoms. The molecular weight excluding hydrogens is 356 g/mol. The lowest BCUT2D eigenvalue weighted by Gasteiger charge is -2.16. The van der Waals surface area contributed by atoms with Crippen LogP contribution in [-0.2, 0) is 10.0 Å². The fraction of sp³-hybridized carbons (Fsp3) is 0.222. The summed E-state index contributed by atoms with van der Waals surface area (Å²) in [5, 5.41) is 10.7. The molecule has 0 spiro atoms. The Balaban J connectivity index is 1.95. The van der Waals surface area contributed by atoms with E-state index in [1.807, 2.05) is 36.4 Å².